The molecule has 0 aliphatic carbocycles. The molecule has 1 aliphatic heterocycles. The van der Waals surface area contributed by atoms with Crippen LogP contribution >= 0.6 is 0 Å². The Bertz CT molecular complexity index is 1050. The topological polar surface area (TPSA) is 102 Å². The van der Waals surface area contributed by atoms with Gasteiger partial charge in [0.25, 0.3) is 5.89 Å². The van der Waals surface area contributed by atoms with Crippen molar-refractivity contribution in [2.24, 2.45) is 5.73 Å². The molecule has 7 nitrogen and oxygen atoms in total. The van der Waals surface area contributed by atoms with Gasteiger partial charge in [-0.1, -0.05) is 42.3 Å². The number of aromatic nitrogens is 2. The smallest absolute Gasteiger partial charge is 0.258 e. The summed E-state index contributed by atoms with van der Waals surface area (Å²) in [6.45, 7) is 1.64. The Hall–Kier alpha value is -2.55. The molecule has 0 atom stereocenters. The van der Waals surface area contributed by atoms with Crippen molar-refractivity contribution >= 4 is 10.0 Å². The van der Waals surface area contributed by atoms with Gasteiger partial charge in [0.1, 0.15) is 0 Å². The summed E-state index contributed by atoms with van der Waals surface area (Å²) >= 11 is 0. The van der Waals surface area contributed by atoms with Crippen LogP contribution in [-0.4, -0.2) is 36.0 Å². The third-order valence-corrected chi connectivity index (χ3v) is 7.09. The number of nitrogens with zero attached hydrogens (tertiary/aromatic N) is 3. The highest BCUT2D eigenvalue weighted by Crippen LogP contribution is 2.25. The van der Waals surface area contributed by atoms with Crippen LogP contribution in [0.1, 0.15) is 31.2 Å². The fourth-order valence-electron chi connectivity index (χ4n) is 3.45. The van der Waals surface area contributed by atoms with Crippen LogP contribution in [-0.2, 0) is 16.6 Å². The quantitative estimate of drug-likeness (QED) is 0.689. The van der Waals surface area contributed by atoms with Crippen molar-refractivity contribution in [2.75, 3.05) is 13.1 Å². The van der Waals surface area contributed by atoms with Crippen LogP contribution in [0.2, 0.25) is 0 Å². The number of sulfonamides is 1. The van der Waals surface area contributed by atoms with Gasteiger partial charge in [-0.3, -0.25) is 0 Å². The van der Waals surface area contributed by atoms with Crippen molar-refractivity contribution < 1.29 is 12.9 Å². The van der Waals surface area contributed by atoms with Crippen LogP contribution < -0.4 is 5.73 Å². The van der Waals surface area contributed by atoms with Gasteiger partial charge in [-0.2, -0.15) is 9.29 Å². The maximum absolute atomic E-state index is 12.9. The highest BCUT2D eigenvalue weighted by Gasteiger charge is 2.25. The van der Waals surface area contributed by atoms with Crippen molar-refractivity contribution in [1.29, 1.82) is 0 Å². The molecule has 1 aliphatic rings. The third-order valence-electron chi connectivity index (χ3n) is 5.18. The van der Waals surface area contributed by atoms with Gasteiger partial charge in [-0.25, -0.2) is 8.42 Å². The number of hydrogen-bond acceptors (Lipinski definition) is 6. The Morgan fingerprint density at radius 1 is 0.897 bits per heavy atom. The lowest BCUT2D eigenvalue weighted by Crippen LogP contribution is -2.31. The molecule has 1 saturated heterocycles. The van der Waals surface area contributed by atoms with Gasteiger partial charge >= 0.3 is 0 Å². The maximum atomic E-state index is 12.9. The molecule has 1 aromatic heterocycles. The Kier molecular flexibility index (Phi) is 5.75. The molecule has 29 heavy (non-hydrogen) atoms. The average molecular weight is 413 g/mol. The van der Waals surface area contributed by atoms with E-state index >= 15 is 0 Å². The lowest BCUT2D eigenvalue weighted by Gasteiger charge is -2.19. The van der Waals surface area contributed by atoms with Crippen LogP contribution in [0.3, 0.4) is 0 Å². The summed E-state index contributed by atoms with van der Waals surface area (Å²) in [4.78, 5) is 4.72. The molecule has 1 fully saturated rings. The zero-order valence-corrected chi connectivity index (χ0v) is 16.9. The lowest BCUT2D eigenvalue weighted by molar-refractivity contribution is 0.423. The molecule has 2 heterocycles. The van der Waals surface area contributed by atoms with Gasteiger partial charge in [0.15, 0.2) is 0 Å². The largest absolute Gasteiger partial charge is 0.334 e. The summed E-state index contributed by atoms with van der Waals surface area (Å²) in [5.41, 5.74) is 8.16. The first-order chi connectivity index (χ1) is 14.1. The molecule has 0 bridgehead atoms. The van der Waals surface area contributed by atoms with Crippen molar-refractivity contribution in [3.63, 3.8) is 0 Å². The average Bonchev–Trinajstić information content (AvgIpc) is 3.08. The Labute approximate surface area is 170 Å². The SMILES string of the molecule is NCc1ccc(-c2noc(-c3ccc(S(=O)(=O)N4CCCCCC4)cc3)n2)cc1. The minimum atomic E-state index is -3.47. The second-order valence-electron chi connectivity index (χ2n) is 7.17. The fourth-order valence-corrected chi connectivity index (χ4v) is 4.97. The van der Waals surface area contributed by atoms with Crippen LogP contribution in [0.15, 0.2) is 57.9 Å². The minimum absolute atomic E-state index is 0.292. The van der Waals surface area contributed by atoms with E-state index < -0.39 is 10.0 Å². The first-order valence-corrected chi connectivity index (χ1v) is 11.3. The highest BCUT2D eigenvalue weighted by atomic mass is 32.2. The summed E-state index contributed by atoms with van der Waals surface area (Å²) in [6.07, 6.45) is 3.99. The van der Waals surface area contributed by atoms with E-state index in [1.54, 1.807) is 28.6 Å². The van der Waals surface area contributed by atoms with Crippen molar-refractivity contribution in [3.8, 4) is 22.8 Å². The predicted octanol–water partition coefficient (Wildman–Crippen LogP) is 3.43. The predicted molar refractivity (Wildman–Crippen MR) is 110 cm³/mol. The van der Waals surface area contributed by atoms with Crippen LogP contribution in [0.25, 0.3) is 22.8 Å². The molecule has 0 amide bonds. The molecule has 2 aromatic carbocycles. The second-order valence-corrected chi connectivity index (χ2v) is 9.10. The molecule has 2 N–H and O–H groups in total. The van der Waals surface area contributed by atoms with E-state index in [1.165, 1.54) is 0 Å². The Morgan fingerprint density at radius 3 is 2.14 bits per heavy atom. The van der Waals surface area contributed by atoms with E-state index in [4.69, 9.17) is 10.3 Å². The van der Waals surface area contributed by atoms with E-state index in [9.17, 15) is 8.42 Å². The molecular formula is C21H24N4O3S. The zero-order chi connectivity index (χ0) is 20.3. The second kappa shape index (κ2) is 8.44. The van der Waals surface area contributed by atoms with Crippen LogP contribution in [0.4, 0.5) is 0 Å². The number of nitrogens with two attached hydrogens (primary N) is 1. The summed E-state index contributed by atoms with van der Waals surface area (Å²) in [7, 11) is -3.47. The van der Waals surface area contributed by atoms with E-state index in [0.717, 1.165) is 36.8 Å². The van der Waals surface area contributed by atoms with E-state index in [0.29, 0.717) is 41.8 Å². The van der Waals surface area contributed by atoms with Gasteiger partial charge in [-0.05, 0) is 42.7 Å². The molecular weight excluding hydrogens is 388 g/mol. The Balaban J connectivity index is 1.54. The maximum Gasteiger partial charge on any atom is 0.258 e. The Morgan fingerprint density at radius 2 is 1.52 bits per heavy atom. The standard InChI is InChI=1S/C21H24N4O3S/c22-15-16-5-7-17(8-6-16)20-23-21(28-24-20)18-9-11-19(12-10-18)29(26,27)25-13-3-1-2-4-14-25/h5-12H,1-4,13-15,22H2. The molecule has 0 radical (unpaired) electrons. The molecule has 0 saturated carbocycles. The third kappa shape index (κ3) is 4.24. The van der Waals surface area contributed by atoms with E-state index in [-0.39, 0.29) is 0 Å². The van der Waals surface area contributed by atoms with Crippen LogP contribution in [0.5, 0.6) is 0 Å². The monoisotopic (exact) mass is 412 g/mol. The first-order valence-electron chi connectivity index (χ1n) is 9.81. The van der Waals surface area contributed by atoms with E-state index in [2.05, 4.69) is 10.1 Å². The normalized spacial score (nSPS) is 15.9. The summed E-state index contributed by atoms with van der Waals surface area (Å²) in [6, 6.07) is 14.3. The van der Waals surface area contributed by atoms with Crippen LogP contribution in [0, 0.1) is 0 Å². The lowest BCUT2D eigenvalue weighted by atomic mass is 10.1. The van der Waals surface area contributed by atoms with Crippen molar-refractivity contribution in [3.05, 3.63) is 54.1 Å². The van der Waals surface area contributed by atoms with Crippen molar-refractivity contribution in [1.82, 2.24) is 14.4 Å². The molecule has 8 heteroatoms. The van der Waals surface area contributed by atoms with Crippen molar-refractivity contribution in [2.45, 2.75) is 37.1 Å². The summed E-state index contributed by atoms with van der Waals surface area (Å²) < 4.78 is 32.8. The van der Waals surface area contributed by atoms with Gasteiger partial charge in [-0.15, -0.1) is 0 Å². The highest BCUT2D eigenvalue weighted by molar-refractivity contribution is 7.89. The van der Waals surface area contributed by atoms with Gasteiger partial charge < -0.3 is 10.3 Å². The van der Waals surface area contributed by atoms with Gasteiger partial charge in [0.2, 0.25) is 15.8 Å². The first kappa shape index (κ1) is 19.8. The number of benzene rings is 2. The molecule has 0 unspecified atom stereocenters. The molecule has 152 valence electrons. The summed E-state index contributed by atoms with van der Waals surface area (Å²) in [5.74, 6) is 0.825. The van der Waals surface area contributed by atoms with E-state index in [1.807, 2.05) is 24.3 Å². The fraction of sp³-hybridized carbons (Fsp3) is 0.333. The molecule has 0 spiro atoms. The number of hydrogen-bond donors (Lipinski definition) is 1. The minimum Gasteiger partial charge on any atom is -0.334 e. The molecule has 3 aromatic rings. The molecule has 4 rings (SSSR count). The zero-order valence-electron chi connectivity index (χ0n) is 16.1. The summed E-state index contributed by atoms with van der Waals surface area (Å²) in [5, 5.41) is 4.03. The number of rotatable bonds is 5. The van der Waals surface area contributed by atoms with Gasteiger partial charge in [0.05, 0.1) is 4.90 Å². The van der Waals surface area contributed by atoms with Gasteiger partial charge in [0, 0.05) is 30.8 Å².